The highest BCUT2D eigenvalue weighted by atomic mass is 16.5. The fraction of sp³-hybridized carbons (Fsp3) is 0.516. The normalized spacial score (nSPS) is 16.5. The first-order valence-corrected chi connectivity index (χ1v) is 13.4. The fourth-order valence-electron chi connectivity index (χ4n) is 4.72. The number of ketones is 1. The summed E-state index contributed by atoms with van der Waals surface area (Å²) in [5.74, 6) is -0.204. The van der Waals surface area contributed by atoms with E-state index in [2.05, 4.69) is 0 Å². The van der Waals surface area contributed by atoms with Crippen molar-refractivity contribution >= 4 is 17.7 Å². The molecule has 0 N–H and O–H groups in total. The van der Waals surface area contributed by atoms with E-state index < -0.39 is 35.2 Å². The van der Waals surface area contributed by atoms with Gasteiger partial charge in [-0.25, -0.2) is 4.79 Å². The maximum Gasteiger partial charge on any atom is 0.329 e. The predicted molar refractivity (Wildman–Crippen MR) is 146 cm³/mol. The molecule has 1 aliphatic heterocycles. The number of likely N-dealkylation sites (tertiary alicyclic amines) is 1. The summed E-state index contributed by atoms with van der Waals surface area (Å²) >= 11 is 0. The second-order valence-electron chi connectivity index (χ2n) is 10.6. The van der Waals surface area contributed by atoms with Gasteiger partial charge in [-0.2, -0.15) is 0 Å². The van der Waals surface area contributed by atoms with Crippen LogP contribution in [0.5, 0.6) is 11.5 Å². The average molecular weight is 524 g/mol. The third-order valence-electron chi connectivity index (χ3n) is 7.54. The molecule has 2 aromatic carbocycles. The van der Waals surface area contributed by atoms with Gasteiger partial charge in [-0.05, 0) is 68.7 Å². The summed E-state index contributed by atoms with van der Waals surface area (Å²) < 4.78 is 16.9. The van der Waals surface area contributed by atoms with Gasteiger partial charge in [0, 0.05) is 12.0 Å². The third kappa shape index (κ3) is 6.94. The van der Waals surface area contributed by atoms with Gasteiger partial charge >= 0.3 is 5.97 Å². The largest absolute Gasteiger partial charge is 0.493 e. The van der Waals surface area contributed by atoms with Crippen molar-refractivity contribution in [1.82, 2.24) is 4.90 Å². The summed E-state index contributed by atoms with van der Waals surface area (Å²) in [6.45, 7) is 7.81. The number of rotatable bonds is 11. The van der Waals surface area contributed by atoms with Crippen LogP contribution in [0, 0.1) is 12.3 Å². The van der Waals surface area contributed by atoms with Gasteiger partial charge in [-0.1, -0.05) is 56.7 Å². The topological polar surface area (TPSA) is 82.1 Å². The Hall–Kier alpha value is -3.35. The van der Waals surface area contributed by atoms with Crippen molar-refractivity contribution in [2.24, 2.45) is 5.41 Å². The van der Waals surface area contributed by atoms with E-state index in [9.17, 15) is 14.4 Å². The SMILES string of the molecule is CCC(C)(C)C(=O)C(=O)N1CCCC[C@H]1C(=O)O[C@H](CCc1ccc(OC)c(OC)c1)c1cccc(C)c1. The zero-order valence-corrected chi connectivity index (χ0v) is 23.5. The predicted octanol–water partition coefficient (Wildman–Crippen LogP) is 5.62. The summed E-state index contributed by atoms with van der Waals surface area (Å²) in [5, 5.41) is 0. The summed E-state index contributed by atoms with van der Waals surface area (Å²) in [7, 11) is 3.20. The number of esters is 1. The number of carbonyl (C=O) groups excluding carboxylic acids is 3. The zero-order valence-electron chi connectivity index (χ0n) is 23.5. The van der Waals surface area contributed by atoms with E-state index in [4.69, 9.17) is 14.2 Å². The van der Waals surface area contributed by atoms with Crippen LogP contribution in [-0.4, -0.2) is 49.4 Å². The van der Waals surface area contributed by atoms with Crippen LogP contribution in [0.25, 0.3) is 0 Å². The lowest BCUT2D eigenvalue weighted by molar-refractivity contribution is -0.164. The molecule has 206 valence electrons. The van der Waals surface area contributed by atoms with Gasteiger partial charge in [0.1, 0.15) is 12.1 Å². The van der Waals surface area contributed by atoms with Crippen LogP contribution in [0.4, 0.5) is 0 Å². The van der Waals surface area contributed by atoms with Crippen LogP contribution in [0.1, 0.15) is 75.7 Å². The molecule has 0 spiro atoms. The summed E-state index contributed by atoms with van der Waals surface area (Å²) in [6.07, 6.45) is 3.28. The number of amides is 1. The number of benzene rings is 2. The van der Waals surface area contributed by atoms with Crippen molar-refractivity contribution in [3.05, 3.63) is 59.2 Å². The van der Waals surface area contributed by atoms with E-state index in [-0.39, 0.29) is 0 Å². The monoisotopic (exact) mass is 523 g/mol. The molecule has 0 saturated carbocycles. The average Bonchev–Trinajstić information content (AvgIpc) is 2.93. The van der Waals surface area contributed by atoms with Crippen LogP contribution in [0.3, 0.4) is 0 Å². The van der Waals surface area contributed by atoms with Gasteiger partial charge in [0.2, 0.25) is 5.78 Å². The van der Waals surface area contributed by atoms with E-state index in [0.29, 0.717) is 43.7 Å². The molecule has 1 fully saturated rings. The van der Waals surface area contributed by atoms with Crippen molar-refractivity contribution in [3.63, 3.8) is 0 Å². The summed E-state index contributed by atoms with van der Waals surface area (Å²) in [4.78, 5) is 41.1. The second-order valence-corrected chi connectivity index (χ2v) is 10.6. The standard InChI is InChI=1S/C31H41NO6/c1-7-31(3,4)28(33)29(34)32-18-9-8-13-24(32)30(35)38-25(23-12-10-11-21(2)19-23)16-14-22-15-17-26(36-5)27(20-22)37-6/h10-12,15,17,19-20,24-25H,7-9,13-14,16,18H2,1-6H3/t24-,25+/m0/s1. The highest BCUT2D eigenvalue weighted by Crippen LogP contribution is 2.32. The lowest BCUT2D eigenvalue weighted by atomic mass is 9.84. The van der Waals surface area contributed by atoms with Gasteiger partial charge in [-0.3, -0.25) is 9.59 Å². The van der Waals surface area contributed by atoms with Crippen LogP contribution in [0.15, 0.2) is 42.5 Å². The van der Waals surface area contributed by atoms with Crippen LogP contribution >= 0.6 is 0 Å². The number of Topliss-reactive ketones (excluding diaryl/α,β-unsaturated/α-hetero) is 1. The van der Waals surface area contributed by atoms with Gasteiger partial charge < -0.3 is 19.1 Å². The minimum atomic E-state index is -0.771. The van der Waals surface area contributed by atoms with Crippen LogP contribution in [-0.2, 0) is 25.5 Å². The molecule has 2 atom stereocenters. The lowest BCUT2D eigenvalue weighted by Gasteiger charge is -2.36. The number of hydrogen-bond acceptors (Lipinski definition) is 6. The molecule has 1 amide bonds. The molecule has 0 radical (unpaired) electrons. The van der Waals surface area contributed by atoms with Crippen molar-refractivity contribution in [1.29, 1.82) is 0 Å². The third-order valence-corrected chi connectivity index (χ3v) is 7.54. The van der Waals surface area contributed by atoms with Gasteiger partial charge in [0.05, 0.1) is 14.2 Å². The van der Waals surface area contributed by atoms with E-state index in [1.54, 1.807) is 28.1 Å². The Morgan fingerprint density at radius 1 is 1.03 bits per heavy atom. The molecule has 1 saturated heterocycles. The van der Waals surface area contributed by atoms with Crippen molar-refractivity contribution in [3.8, 4) is 11.5 Å². The second kappa shape index (κ2) is 12.9. The molecular weight excluding hydrogens is 482 g/mol. The smallest absolute Gasteiger partial charge is 0.329 e. The van der Waals surface area contributed by atoms with Crippen molar-refractivity contribution in [2.45, 2.75) is 78.4 Å². The van der Waals surface area contributed by atoms with Gasteiger partial charge in [-0.15, -0.1) is 0 Å². The number of methoxy groups -OCH3 is 2. The lowest BCUT2D eigenvalue weighted by Crippen LogP contribution is -2.53. The van der Waals surface area contributed by atoms with Gasteiger partial charge in [0.15, 0.2) is 11.5 Å². The number of ether oxygens (including phenoxy) is 3. The fourth-order valence-corrected chi connectivity index (χ4v) is 4.72. The summed E-state index contributed by atoms with van der Waals surface area (Å²) in [6, 6.07) is 12.9. The minimum absolute atomic E-state index is 0.380. The first-order valence-electron chi connectivity index (χ1n) is 13.4. The van der Waals surface area contributed by atoms with Gasteiger partial charge in [0.25, 0.3) is 5.91 Å². The first kappa shape index (κ1) is 29.2. The maximum absolute atomic E-state index is 13.6. The van der Waals surface area contributed by atoms with Crippen molar-refractivity contribution in [2.75, 3.05) is 20.8 Å². The number of carbonyl (C=O) groups is 3. The van der Waals surface area contributed by atoms with Crippen molar-refractivity contribution < 1.29 is 28.6 Å². The zero-order chi connectivity index (χ0) is 27.9. The molecule has 1 aliphatic rings. The Bertz CT molecular complexity index is 1140. The molecule has 7 nitrogen and oxygen atoms in total. The molecule has 0 bridgehead atoms. The molecule has 2 aromatic rings. The Balaban J connectivity index is 1.81. The maximum atomic E-state index is 13.6. The highest BCUT2D eigenvalue weighted by molar-refractivity contribution is 6.38. The number of hydrogen-bond donors (Lipinski definition) is 0. The number of nitrogens with zero attached hydrogens (tertiary/aromatic N) is 1. The molecule has 0 aromatic heterocycles. The Labute approximate surface area is 226 Å². The van der Waals surface area contributed by atoms with E-state index >= 15 is 0 Å². The molecule has 0 aliphatic carbocycles. The minimum Gasteiger partial charge on any atom is -0.493 e. The molecule has 0 unspecified atom stereocenters. The number of aryl methyl sites for hydroxylation is 2. The number of piperidine rings is 1. The molecular formula is C31H41NO6. The first-order chi connectivity index (χ1) is 18.1. The van der Waals surface area contributed by atoms with E-state index in [0.717, 1.165) is 29.5 Å². The van der Waals surface area contributed by atoms with Crippen LogP contribution in [0.2, 0.25) is 0 Å². The summed E-state index contributed by atoms with van der Waals surface area (Å²) in [5.41, 5.74) is 2.22. The van der Waals surface area contributed by atoms with E-state index in [1.807, 2.05) is 56.3 Å². The van der Waals surface area contributed by atoms with E-state index in [1.165, 1.54) is 4.90 Å². The molecule has 7 heteroatoms. The Morgan fingerprint density at radius 3 is 2.42 bits per heavy atom. The Kier molecular flexibility index (Phi) is 9.95. The molecule has 3 rings (SSSR count). The highest BCUT2D eigenvalue weighted by Gasteiger charge is 2.41. The molecule has 38 heavy (non-hydrogen) atoms. The molecule has 1 heterocycles. The van der Waals surface area contributed by atoms with Crippen LogP contribution < -0.4 is 9.47 Å². The quantitative estimate of drug-likeness (QED) is 0.281. The Morgan fingerprint density at radius 2 is 1.76 bits per heavy atom.